The van der Waals surface area contributed by atoms with Crippen molar-refractivity contribution in [2.75, 3.05) is 31.1 Å². The highest BCUT2D eigenvalue weighted by Gasteiger charge is 2.18. The van der Waals surface area contributed by atoms with Crippen LogP contribution in [0.2, 0.25) is 0 Å². The lowest BCUT2D eigenvalue weighted by molar-refractivity contribution is -0.129. The van der Waals surface area contributed by atoms with Crippen molar-refractivity contribution in [3.8, 4) is 0 Å². The Hall–Kier alpha value is -1.58. The Bertz CT molecular complexity index is 331. The van der Waals surface area contributed by atoms with Crippen molar-refractivity contribution in [2.45, 2.75) is 14.4 Å². The number of aromatic nitrogens is 1. The van der Waals surface area contributed by atoms with Crippen molar-refractivity contribution in [1.82, 2.24) is 9.88 Å². The highest BCUT2D eigenvalue weighted by Crippen LogP contribution is 2.12. The van der Waals surface area contributed by atoms with Gasteiger partial charge in [-0.1, -0.05) is 13.5 Å². The molecule has 0 bridgehead atoms. The standard InChI is InChI=1S/C11H15N3O.CH4/c1-10(15)13-6-8-14(9-7-13)11-4-2-3-5-12-11;/h2-5H,6-9H2,1H3;1H4. The smallest absolute Gasteiger partial charge is 0.219 e. The van der Waals surface area contributed by atoms with Crippen LogP contribution in [-0.4, -0.2) is 42.0 Å². The minimum Gasteiger partial charge on any atom is -0.353 e. The Labute approximate surface area is 96.9 Å². The van der Waals surface area contributed by atoms with Gasteiger partial charge in [-0.3, -0.25) is 4.79 Å². The highest BCUT2D eigenvalue weighted by molar-refractivity contribution is 5.73. The molecule has 0 unspecified atom stereocenters. The van der Waals surface area contributed by atoms with E-state index in [1.54, 1.807) is 13.1 Å². The maximum absolute atomic E-state index is 11.1. The van der Waals surface area contributed by atoms with Crippen LogP contribution in [0.1, 0.15) is 14.4 Å². The molecule has 0 aliphatic carbocycles. The lowest BCUT2D eigenvalue weighted by Gasteiger charge is -2.34. The predicted octanol–water partition coefficient (Wildman–Crippen LogP) is 1.39. The van der Waals surface area contributed by atoms with Crippen LogP contribution in [0.5, 0.6) is 0 Å². The molecule has 88 valence electrons. The minimum absolute atomic E-state index is 0. The van der Waals surface area contributed by atoms with Crippen molar-refractivity contribution in [2.24, 2.45) is 0 Å². The minimum atomic E-state index is 0. The van der Waals surface area contributed by atoms with Gasteiger partial charge >= 0.3 is 0 Å². The molecule has 0 aromatic carbocycles. The average Bonchev–Trinajstić information content (AvgIpc) is 2.30. The van der Waals surface area contributed by atoms with Crippen LogP contribution < -0.4 is 4.90 Å². The van der Waals surface area contributed by atoms with Crippen molar-refractivity contribution in [3.05, 3.63) is 24.4 Å². The summed E-state index contributed by atoms with van der Waals surface area (Å²) in [6.07, 6.45) is 1.80. The Kier molecular flexibility index (Phi) is 4.28. The quantitative estimate of drug-likeness (QED) is 0.719. The number of rotatable bonds is 1. The van der Waals surface area contributed by atoms with E-state index in [4.69, 9.17) is 0 Å². The van der Waals surface area contributed by atoms with Crippen molar-refractivity contribution in [3.63, 3.8) is 0 Å². The maximum atomic E-state index is 11.1. The number of piperazine rings is 1. The molecule has 2 rings (SSSR count). The molecule has 1 fully saturated rings. The Morgan fingerprint density at radius 1 is 1.25 bits per heavy atom. The summed E-state index contributed by atoms with van der Waals surface area (Å²) in [4.78, 5) is 19.5. The van der Waals surface area contributed by atoms with Gasteiger partial charge in [-0.25, -0.2) is 4.98 Å². The lowest BCUT2D eigenvalue weighted by Crippen LogP contribution is -2.48. The number of nitrogens with zero attached hydrogens (tertiary/aromatic N) is 3. The van der Waals surface area contributed by atoms with Crippen molar-refractivity contribution in [1.29, 1.82) is 0 Å². The summed E-state index contributed by atoms with van der Waals surface area (Å²) in [5.74, 6) is 1.16. The van der Waals surface area contributed by atoms with Crippen LogP contribution in [-0.2, 0) is 4.79 Å². The fourth-order valence-electron chi connectivity index (χ4n) is 1.79. The first-order valence-corrected chi connectivity index (χ1v) is 5.19. The van der Waals surface area contributed by atoms with Gasteiger partial charge in [0.1, 0.15) is 5.82 Å². The van der Waals surface area contributed by atoms with E-state index in [0.717, 1.165) is 32.0 Å². The number of carbonyl (C=O) groups excluding carboxylic acids is 1. The number of anilines is 1. The predicted molar refractivity (Wildman–Crippen MR) is 65.4 cm³/mol. The molecular weight excluding hydrogens is 202 g/mol. The van der Waals surface area contributed by atoms with Gasteiger partial charge in [0.15, 0.2) is 0 Å². The summed E-state index contributed by atoms with van der Waals surface area (Å²) >= 11 is 0. The SMILES string of the molecule is C.CC(=O)N1CCN(c2ccccn2)CC1. The van der Waals surface area contributed by atoms with E-state index >= 15 is 0 Å². The molecule has 0 N–H and O–H groups in total. The molecule has 4 nitrogen and oxygen atoms in total. The molecule has 0 spiro atoms. The van der Waals surface area contributed by atoms with Crippen molar-refractivity contribution < 1.29 is 4.79 Å². The van der Waals surface area contributed by atoms with Gasteiger partial charge in [-0.2, -0.15) is 0 Å². The number of hydrogen-bond donors (Lipinski definition) is 0. The van der Waals surface area contributed by atoms with Gasteiger partial charge in [0.25, 0.3) is 0 Å². The summed E-state index contributed by atoms with van der Waals surface area (Å²) in [5.41, 5.74) is 0. The largest absolute Gasteiger partial charge is 0.353 e. The number of pyridine rings is 1. The first-order chi connectivity index (χ1) is 7.27. The molecule has 2 heterocycles. The topological polar surface area (TPSA) is 36.4 Å². The maximum Gasteiger partial charge on any atom is 0.219 e. The number of carbonyl (C=O) groups is 1. The van der Waals surface area contributed by atoms with Crippen LogP contribution in [0.15, 0.2) is 24.4 Å². The molecule has 1 aliphatic heterocycles. The molecular formula is C12H19N3O. The molecule has 0 saturated carbocycles. The fourth-order valence-corrected chi connectivity index (χ4v) is 1.79. The first-order valence-electron chi connectivity index (χ1n) is 5.19. The second-order valence-corrected chi connectivity index (χ2v) is 3.68. The van der Waals surface area contributed by atoms with E-state index in [-0.39, 0.29) is 13.3 Å². The van der Waals surface area contributed by atoms with Crippen LogP contribution in [0.25, 0.3) is 0 Å². The zero-order valence-electron chi connectivity index (χ0n) is 8.89. The summed E-state index contributed by atoms with van der Waals surface area (Å²) in [6, 6.07) is 5.90. The van der Waals surface area contributed by atoms with Crippen molar-refractivity contribution >= 4 is 11.7 Å². The third-order valence-corrected chi connectivity index (χ3v) is 2.70. The Morgan fingerprint density at radius 2 is 1.94 bits per heavy atom. The number of amides is 1. The van der Waals surface area contributed by atoms with E-state index in [1.165, 1.54) is 0 Å². The molecule has 16 heavy (non-hydrogen) atoms. The average molecular weight is 221 g/mol. The molecule has 1 saturated heterocycles. The monoisotopic (exact) mass is 221 g/mol. The molecule has 4 heteroatoms. The van der Waals surface area contributed by atoms with E-state index in [2.05, 4.69) is 9.88 Å². The second-order valence-electron chi connectivity index (χ2n) is 3.68. The first kappa shape index (κ1) is 12.5. The summed E-state index contributed by atoms with van der Waals surface area (Å²) in [7, 11) is 0. The fraction of sp³-hybridized carbons (Fsp3) is 0.500. The van der Waals surface area contributed by atoms with Gasteiger partial charge in [0.2, 0.25) is 5.91 Å². The van der Waals surface area contributed by atoms with E-state index in [9.17, 15) is 4.79 Å². The zero-order chi connectivity index (χ0) is 10.7. The molecule has 1 aliphatic rings. The molecule has 1 amide bonds. The molecule has 1 aromatic rings. The van der Waals surface area contributed by atoms with E-state index in [0.29, 0.717) is 0 Å². The van der Waals surface area contributed by atoms with Gasteiger partial charge in [-0.15, -0.1) is 0 Å². The number of hydrogen-bond acceptors (Lipinski definition) is 3. The normalized spacial score (nSPS) is 15.6. The van der Waals surface area contributed by atoms with Gasteiger partial charge in [0, 0.05) is 39.3 Å². The van der Waals surface area contributed by atoms with Gasteiger partial charge < -0.3 is 9.80 Å². The third kappa shape index (κ3) is 2.72. The Balaban J connectivity index is 0.00000128. The second kappa shape index (κ2) is 5.49. The molecule has 0 radical (unpaired) electrons. The highest BCUT2D eigenvalue weighted by atomic mass is 16.2. The van der Waals surface area contributed by atoms with Crippen LogP contribution >= 0.6 is 0 Å². The third-order valence-electron chi connectivity index (χ3n) is 2.70. The molecule has 0 atom stereocenters. The molecule has 1 aromatic heterocycles. The van der Waals surface area contributed by atoms with Crippen LogP contribution in [0.4, 0.5) is 5.82 Å². The van der Waals surface area contributed by atoms with Gasteiger partial charge in [-0.05, 0) is 12.1 Å². The van der Waals surface area contributed by atoms with Crippen LogP contribution in [0, 0.1) is 0 Å². The van der Waals surface area contributed by atoms with Crippen LogP contribution in [0.3, 0.4) is 0 Å². The van der Waals surface area contributed by atoms with E-state index in [1.807, 2.05) is 23.1 Å². The summed E-state index contributed by atoms with van der Waals surface area (Å²) in [5, 5.41) is 0. The lowest BCUT2D eigenvalue weighted by atomic mass is 10.3. The summed E-state index contributed by atoms with van der Waals surface area (Å²) in [6.45, 7) is 4.96. The van der Waals surface area contributed by atoms with Gasteiger partial charge in [0.05, 0.1) is 0 Å². The zero-order valence-corrected chi connectivity index (χ0v) is 8.89. The summed E-state index contributed by atoms with van der Waals surface area (Å²) < 4.78 is 0. The van der Waals surface area contributed by atoms with E-state index < -0.39 is 0 Å². The Morgan fingerprint density at radius 3 is 2.44 bits per heavy atom.